The van der Waals surface area contributed by atoms with Gasteiger partial charge >= 0.3 is 0 Å². The van der Waals surface area contributed by atoms with Gasteiger partial charge in [-0.25, -0.2) is 0 Å². The van der Waals surface area contributed by atoms with E-state index in [0.29, 0.717) is 18.0 Å². The van der Waals surface area contributed by atoms with Gasteiger partial charge in [0.2, 0.25) is 0 Å². The molecule has 2 unspecified atom stereocenters. The summed E-state index contributed by atoms with van der Waals surface area (Å²) in [4.78, 5) is 2.29. The van der Waals surface area contributed by atoms with Crippen LogP contribution in [0.15, 0.2) is 30.3 Å². The average Bonchev–Trinajstić information content (AvgIpc) is 2.36. The molecular formula is C19H34N2. The topological polar surface area (TPSA) is 15.3 Å². The van der Waals surface area contributed by atoms with Crippen molar-refractivity contribution in [3.63, 3.8) is 0 Å². The van der Waals surface area contributed by atoms with Crippen LogP contribution in [0.25, 0.3) is 0 Å². The highest BCUT2D eigenvalue weighted by atomic mass is 15.1. The lowest BCUT2D eigenvalue weighted by atomic mass is 9.94. The molecule has 0 bridgehead atoms. The van der Waals surface area contributed by atoms with Crippen LogP contribution in [-0.4, -0.2) is 31.6 Å². The third-order valence-corrected chi connectivity index (χ3v) is 3.69. The lowest BCUT2D eigenvalue weighted by Gasteiger charge is -2.30. The number of nitrogens with one attached hydrogen (secondary N) is 1. The molecule has 1 rings (SSSR count). The Bertz CT molecular complexity index is 360. The molecule has 2 heteroatoms. The zero-order chi connectivity index (χ0) is 15.8. The molecule has 120 valence electrons. The summed E-state index contributed by atoms with van der Waals surface area (Å²) in [7, 11) is 4.32. The monoisotopic (exact) mass is 290 g/mol. The van der Waals surface area contributed by atoms with E-state index >= 15 is 0 Å². The van der Waals surface area contributed by atoms with Crippen LogP contribution in [0.1, 0.15) is 52.1 Å². The van der Waals surface area contributed by atoms with Crippen molar-refractivity contribution in [3.8, 4) is 0 Å². The van der Waals surface area contributed by atoms with Gasteiger partial charge in [-0.1, -0.05) is 58.0 Å². The summed E-state index contributed by atoms with van der Waals surface area (Å²) in [5, 5.41) is 3.92. The van der Waals surface area contributed by atoms with Crippen molar-refractivity contribution < 1.29 is 0 Å². The second kappa shape index (κ2) is 9.22. The van der Waals surface area contributed by atoms with Gasteiger partial charge < -0.3 is 10.2 Å². The van der Waals surface area contributed by atoms with Gasteiger partial charge in [-0.3, -0.25) is 0 Å². The molecule has 0 aromatic heterocycles. The second-order valence-corrected chi connectivity index (χ2v) is 7.35. The van der Waals surface area contributed by atoms with Crippen LogP contribution in [0.3, 0.4) is 0 Å². The number of hydrogen-bond donors (Lipinski definition) is 1. The maximum atomic E-state index is 3.92. The fourth-order valence-electron chi connectivity index (χ4n) is 2.95. The molecular weight excluding hydrogens is 256 g/mol. The van der Waals surface area contributed by atoms with Crippen LogP contribution in [0.4, 0.5) is 0 Å². The van der Waals surface area contributed by atoms with E-state index in [1.807, 2.05) is 0 Å². The first-order valence-electron chi connectivity index (χ1n) is 8.34. The molecule has 0 spiro atoms. The fraction of sp³-hybridized carbons (Fsp3) is 0.684. The second-order valence-electron chi connectivity index (χ2n) is 7.35. The molecule has 0 radical (unpaired) electrons. The van der Waals surface area contributed by atoms with Gasteiger partial charge in [0.25, 0.3) is 0 Å². The SMILES string of the molecule is CC(C)CC(CN(C)C)NC(CC(C)C)c1ccccc1. The molecule has 0 aliphatic heterocycles. The van der Waals surface area contributed by atoms with Gasteiger partial charge in [-0.2, -0.15) is 0 Å². The van der Waals surface area contributed by atoms with Crippen LogP contribution >= 0.6 is 0 Å². The Morgan fingerprint density at radius 3 is 1.95 bits per heavy atom. The molecule has 0 saturated carbocycles. The van der Waals surface area contributed by atoms with Crippen molar-refractivity contribution in [2.45, 2.75) is 52.6 Å². The van der Waals surface area contributed by atoms with Crippen LogP contribution in [-0.2, 0) is 0 Å². The predicted octanol–water partition coefficient (Wildman–Crippen LogP) is 4.34. The molecule has 21 heavy (non-hydrogen) atoms. The zero-order valence-corrected chi connectivity index (χ0v) is 14.8. The summed E-state index contributed by atoms with van der Waals surface area (Å²) in [5.41, 5.74) is 1.42. The standard InChI is InChI=1S/C19H34N2/c1-15(2)12-18(14-21(5)6)20-19(13-16(3)4)17-10-8-7-9-11-17/h7-11,15-16,18-20H,12-14H2,1-6H3. The van der Waals surface area contributed by atoms with Gasteiger partial charge in [-0.15, -0.1) is 0 Å². The molecule has 1 aromatic rings. The summed E-state index contributed by atoms with van der Waals surface area (Å²) in [5.74, 6) is 1.42. The molecule has 2 atom stereocenters. The van der Waals surface area contributed by atoms with Crippen molar-refractivity contribution in [1.29, 1.82) is 0 Å². The quantitative estimate of drug-likeness (QED) is 0.728. The Kier molecular flexibility index (Phi) is 7.98. The maximum absolute atomic E-state index is 3.92. The molecule has 0 amide bonds. The lowest BCUT2D eigenvalue weighted by molar-refractivity contribution is 0.274. The van der Waals surface area contributed by atoms with Crippen molar-refractivity contribution in [2.24, 2.45) is 11.8 Å². The molecule has 2 nitrogen and oxygen atoms in total. The van der Waals surface area contributed by atoms with Gasteiger partial charge in [0, 0.05) is 18.6 Å². The van der Waals surface area contributed by atoms with E-state index in [9.17, 15) is 0 Å². The smallest absolute Gasteiger partial charge is 0.0325 e. The minimum Gasteiger partial charge on any atom is -0.308 e. The van der Waals surface area contributed by atoms with Crippen molar-refractivity contribution in [2.75, 3.05) is 20.6 Å². The van der Waals surface area contributed by atoms with Crippen LogP contribution < -0.4 is 5.32 Å². The first-order chi connectivity index (χ1) is 9.88. The van der Waals surface area contributed by atoms with E-state index in [2.05, 4.69) is 82.3 Å². The van der Waals surface area contributed by atoms with Gasteiger partial charge in [0.1, 0.15) is 0 Å². The summed E-state index contributed by atoms with van der Waals surface area (Å²) >= 11 is 0. The minimum absolute atomic E-state index is 0.454. The molecule has 0 saturated heterocycles. The highest BCUT2D eigenvalue weighted by Crippen LogP contribution is 2.23. The van der Waals surface area contributed by atoms with Crippen LogP contribution in [0, 0.1) is 11.8 Å². The first kappa shape index (κ1) is 18.2. The number of rotatable bonds is 9. The van der Waals surface area contributed by atoms with Crippen molar-refractivity contribution >= 4 is 0 Å². The number of hydrogen-bond acceptors (Lipinski definition) is 2. The van der Waals surface area contributed by atoms with E-state index in [1.54, 1.807) is 0 Å². The maximum Gasteiger partial charge on any atom is 0.0325 e. The Hall–Kier alpha value is -0.860. The van der Waals surface area contributed by atoms with E-state index in [4.69, 9.17) is 0 Å². The third kappa shape index (κ3) is 7.63. The predicted molar refractivity (Wildman–Crippen MR) is 93.6 cm³/mol. The molecule has 1 aromatic carbocycles. The van der Waals surface area contributed by atoms with E-state index in [1.165, 1.54) is 18.4 Å². The van der Waals surface area contributed by atoms with Crippen LogP contribution in [0.5, 0.6) is 0 Å². The fourth-order valence-corrected chi connectivity index (χ4v) is 2.95. The summed E-state index contributed by atoms with van der Waals surface area (Å²) in [6.45, 7) is 10.3. The molecule has 0 aliphatic carbocycles. The Morgan fingerprint density at radius 2 is 1.48 bits per heavy atom. The normalized spacial score (nSPS) is 14.9. The third-order valence-electron chi connectivity index (χ3n) is 3.69. The summed E-state index contributed by atoms with van der Waals surface area (Å²) < 4.78 is 0. The minimum atomic E-state index is 0.454. The largest absolute Gasteiger partial charge is 0.308 e. The molecule has 0 fully saturated rings. The Labute approximate surface area is 131 Å². The molecule has 0 heterocycles. The highest BCUT2D eigenvalue weighted by molar-refractivity contribution is 5.19. The van der Waals surface area contributed by atoms with Gasteiger partial charge in [0.05, 0.1) is 0 Å². The van der Waals surface area contributed by atoms with Gasteiger partial charge in [0.15, 0.2) is 0 Å². The van der Waals surface area contributed by atoms with Crippen molar-refractivity contribution in [1.82, 2.24) is 10.2 Å². The summed E-state index contributed by atoms with van der Waals surface area (Å²) in [6, 6.07) is 11.9. The Balaban J connectivity index is 2.81. The Morgan fingerprint density at radius 1 is 0.905 bits per heavy atom. The van der Waals surface area contributed by atoms with E-state index < -0.39 is 0 Å². The zero-order valence-electron chi connectivity index (χ0n) is 14.8. The molecule has 1 N–H and O–H groups in total. The van der Waals surface area contributed by atoms with E-state index in [-0.39, 0.29) is 0 Å². The number of nitrogens with zero attached hydrogens (tertiary/aromatic N) is 1. The van der Waals surface area contributed by atoms with E-state index in [0.717, 1.165) is 12.5 Å². The summed E-state index contributed by atoms with van der Waals surface area (Å²) in [6.07, 6.45) is 2.41. The lowest BCUT2D eigenvalue weighted by Crippen LogP contribution is -2.41. The van der Waals surface area contributed by atoms with Crippen LogP contribution in [0.2, 0.25) is 0 Å². The first-order valence-corrected chi connectivity index (χ1v) is 8.34. The average molecular weight is 290 g/mol. The van der Waals surface area contributed by atoms with Crippen molar-refractivity contribution in [3.05, 3.63) is 35.9 Å². The van der Waals surface area contributed by atoms with Gasteiger partial charge in [-0.05, 0) is 44.3 Å². The number of benzene rings is 1. The number of likely N-dealkylation sites (N-methyl/N-ethyl adjacent to an activating group) is 1. The highest BCUT2D eigenvalue weighted by Gasteiger charge is 2.19. The molecule has 0 aliphatic rings.